The normalized spacial score (nSPS) is 13.1. The fourth-order valence-electron chi connectivity index (χ4n) is 4.67. The first-order chi connectivity index (χ1) is 18.8. The van der Waals surface area contributed by atoms with Crippen molar-refractivity contribution in [3.8, 4) is 0 Å². The second kappa shape index (κ2) is 9.75. The van der Waals surface area contributed by atoms with Crippen molar-refractivity contribution < 1.29 is 10.2 Å². The van der Waals surface area contributed by atoms with Crippen LogP contribution in [-0.2, 0) is 11.3 Å². The van der Waals surface area contributed by atoms with E-state index in [1.165, 1.54) is 24.6 Å². The van der Waals surface area contributed by atoms with E-state index in [1.54, 1.807) is 6.07 Å². The molecule has 0 bridgehead atoms. The Hall–Kier alpha value is -4.35. The lowest BCUT2D eigenvalue weighted by molar-refractivity contribution is -0.114. The zero-order valence-electron chi connectivity index (χ0n) is 20.9. The number of pyridine rings is 1. The molecule has 3 heterocycles. The van der Waals surface area contributed by atoms with Gasteiger partial charge in [-0.1, -0.05) is 35.1 Å². The summed E-state index contributed by atoms with van der Waals surface area (Å²) in [5.74, 6) is 0.481. The predicted molar refractivity (Wildman–Crippen MR) is 154 cm³/mol. The molecule has 0 aliphatic heterocycles. The van der Waals surface area contributed by atoms with Crippen molar-refractivity contribution >= 4 is 72.3 Å². The van der Waals surface area contributed by atoms with E-state index in [-0.39, 0.29) is 23.3 Å². The van der Waals surface area contributed by atoms with Crippen molar-refractivity contribution in [1.29, 1.82) is 0 Å². The maximum atomic E-state index is 13.4. The molecular formula is C27H24ClN8O2S+. The first-order valence-corrected chi connectivity index (χ1v) is 13.5. The number of halogens is 1. The third-order valence-electron chi connectivity index (χ3n) is 6.59. The summed E-state index contributed by atoms with van der Waals surface area (Å²) in [4.78, 5) is 37.8. The largest absolute Gasteiger partial charge is 0.383 e. The molecule has 1 saturated carbocycles. The van der Waals surface area contributed by atoms with Crippen LogP contribution in [-0.4, -0.2) is 31.1 Å². The molecule has 5 aromatic rings. The van der Waals surface area contributed by atoms with E-state index in [4.69, 9.17) is 22.7 Å². The van der Waals surface area contributed by atoms with Gasteiger partial charge in [-0.15, -0.1) is 0 Å². The monoisotopic (exact) mass is 559 g/mol. The van der Waals surface area contributed by atoms with Crippen molar-refractivity contribution in [2.45, 2.75) is 32.4 Å². The highest BCUT2D eigenvalue weighted by Crippen LogP contribution is 2.36. The number of anilines is 3. The summed E-state index contributed by atoms with van der Waals surface area (Å²) in [7, 11) is 0. The molecule has 1 fully saturated rings. The van der Waals surface area contributed by atoms with Gasteiger partial charge in [-0.05, 0) is 48.6 Å². The SMILES string of the molecule is CC(=O)Nc1nc2ccc(C(=[NH2+])c3c(N)ncnc3NCc3cc4cccc(Cl)c4c(=O)n3C3CC3)cc2s1. The molecule has 12 heteroatoms. The number of nitrogens with one attached hydrogen (secondary N) is 2. The fourth-order valence-corrected chi connectivity index (χ4v) is 5.88. The van der Waals surface area contributed by atoms with Crippen LogP contribution in [0.5, 0.6) is 0 Å². The highest BCUT2D eigenvalue weighted by molar-refractivity contribution is 7.22. The second-order valence-electron chi connectivity index (χ2n) is 9.38. The van der Waals surface area contributed by atoms with Crippen molar-refractivity contribution in [2.75, 3.05) is 16.4 Å². The molecule has 196 valence electrons. The van der Waals surface area contributed by atoms with Crippen LogP contribution in [0.3, 0.4) is 0 Å². The van der Waals surface area contributed by atoms with Crippen LogP contribution < -0.4 is 27.3 Å². The van der Waals surface area contributed by atoms with E-state index in [0.717, 1.165) is 34.1 Å². The zero-order valence-corrected chi connectivity index (χ0v) is 22.4. The van der Waals surface area contributed by atoms with Gasteiger partial charge in [0.1, 0.15) is 23.5 Å². The van der Waals surface area contributed by atoms with Gasteiger partial charge in [0.25, 0.3) is 5.56 Å². The van der Waals surface area contributed by atoms with Gasteiger partial charge in [-0.25, -0.2) is 15.0 Å². The van der Waals surface area contributed by atoms with E-state index in [2.05, 4.69) is 25.6 Å². The van der Waals surface area contributed by atoms with Crippen molar-refractivity contribution in [2.24, 2.45) is 0 Å². The van der Waals surface area contributed by atoms with Crippen LogP contribution in [0.25, 0.3) is 21.0 Å². The highest BCUT2D eigenvalue weighted by atomic mass is 35.5. The molecule has 1 aliphatic carbocycles. The molecule has 1 amide bonds. The number of hydrogen-bond acceptors (Lipinski definition) is 8. The fraction of sp³-hybridized carbons (Fsp3) is 0.185. The van der Waals surface area contributed by atoms with Crippen LogP contribution in [0.2, 0.25) is 5.02 Å². The lowest BCUT2D eigenvalue weighted by Crippen LogP contribution is -2.42. The molecule has 0 saturated heterocycles. The van der Waals surface area contributed by atoms with E-state index < -0.39 is 0 Å². The number of rotatable bonds is 7. The van der Waals surface area contributed by atoms with Crippen LogP contribution in [0.15, 0.2) is 53.6 Å². The number of nitrogens with two attached hydrogens (primary N) is 2. The van der Waals surface area contributed by atoms with Gasteiger partial charge in [-0.2, -0.15) is 0 Å². The van der Waals surface area contributed by atoms with E-state index >= 15 is 0 Å². The van der Waals surface area contributed by atoms with Gasteiger partial charge < -0.3 is 20.9 Å². The molecular weight excluding hydrogens is 536 g/mol. The van der Waals surface area contributed by atoms with Gasteiger partial charge in [-0.3, -0.25) is 15.0 Å². The van der Waals surface area contributed by atoms with Crippen LogP contribution in [0, 0.1) is 0 Å². The van der Waals surface area contributed by atoms with Crippen LogP contribution in [0.1, 0.15) is 42.6 Å². The topological polar surface area (TPSA) is 153 Å². The molecule has 0 radical (unpaired) electrons. The Bertz CT molecular complexity index is 1860. The molecule has 6 rings (SSSR count). The Morgan fingerprint density at radius 1 is 1.23 bits per heavy atom. The molecule has 0 atom stereocenters. The van der Waals surface area contributed by atoms with Gasteiger partial charge >= 0.3 is 0 Å². The number of hydrogen-bond donors (Lipinski definition) is 4. The van der Waals surface area contributed by atoms with Crippen molar-refractivity contribution in [3.05, 3.63) is 81.0 Å². The lowest BCUT2D eigenvalue weighted by Gasteiger charge is -2.16. The number of carbonyl (C=O) groups excluding carboxylic acids is 1. The molecule has 1 aliphatic rings. The molecule has 0 unspecified atom stereocenters. The minimum absolute atomic E-state index is 0.0950. The smallest absolute Gasteiger partial charge is 0.260 e. The predicted octanol–water partition coefficient (Wildman–Crippen LogP) is 3.14. The third kappa shape index (κ3) is 4.70. The number of amides is 1. The molecule has 3 aromatic heterocycles. The summed E-state index contributed by atoms with van der Waals surface area (Å²) >= 11 is 7.73. The minimum Gasteiger partial charge on any atom is -0.383 e. The number of thiazole rings is 1. The Morgan fingerprint density at radius 3 is 2.82 bits per heavy atom. The quantitative estimate of drug-likeness (QED) is 0.223. The molecule has 10 nitrogen and oxygen atoms in total. The molecule has 39 heavy (non-hydrogen) atoms. The number of carbonyl (C=O) groups is 1. The summed E-state index contributed by atoms with van der Waals surface area (Å²) in [6.07, 6.45) is 3.26. The Kier molecular flexibility index (Phi) is 6.24. The van der Waals surface area contributed by atoms with Gasteiger partial charge in [0.05, 0.1) is 27.2 Å². The maximum Gasteiger partial charge on any atom is 0.260 e. The van der Waals surface area contributed by atoms with Crippen molar-refractivity contribution in [3.63, 3.8) is 0 Å². The number of benzene rings is 2. The summed E-state index contributed by atoms with van der Waals surface area (Å²) in [6, 6.07) is 13.1. The maximum absolute atomic E-state index is 13.4. The summed E-state index contributed by atoms with van der Waals surface area (Å²) in [5, 5.41) is 14.9. The van der Waals surface area contributed by atoms with Crippen LogP contribution >= 0.6 is 22.9 Å². The van der Waals surface area contributed by atoms with E-state index in [0.29, 0.717) is 44.7 Å². The summed E-state index contributed by atoms with van der Waals surface area (Å²) in [5.41, 5.74) is 9.31. The Labute approximate surface area is 231 Å². The number of nitrogens with zero attached hydrogens (tertiary/aromatic N) is 4. The Balaban J connectivity index is 1.34. The van der Waals surface area contributed by atoms with Crippen molar-refractivity contribution in [1.82, 2.24) is 19.5 Å². The molecule has 6 N–H and O–H groups in total. The van der Waals surface area contributed by atoms with E-state index in [9.17, 15) is 9.59 Å². The Morgan fingerprint density at radius 2 is 2.05 bits per heavy atom. The van der Waals surface area contributed by atoms with Gasteiger partial charge in [0.2, 0.25) is 11.6 Å². The molecule has 0 spiro atoms. The van der Waals surface area contributed by atoms with Gasteiger partial charge in [0.15, 0.2) is 5.13 Å². The second-order valence-corrected chi connectivity index (χ2v) is 10.8. The number of fused-ring (bicyclic) bond motifs is 2. The number of aromatic nitrogens is 4. The minimum atomic E-state index is -0.188. The summed E-state index contributed by atoms with van der Waals surface area (Å²) < 4.78 is 2.68. The lowest BCUT2D eigenvalue weighted by atomic mass is 10.0. The first-order valence-electron chi connectivity index (χ1n) is 12.3. The average molecular weight is 560 g/mol. The number of nitrogen functional groups attached to an aromatic ring is 1. The van der Waals surface area contributed by atoms with E-state index in [1.807, 2.05) is 41.0 Å². The average Bonchev–Trinajstić information content (AvgIpc) is 3.65. The van der Waals surface area contributed by atoms with Gasteiger partial charge in [0, 0.05) is 24.2 Å². The van der Waals surface area contributed by atoms with Crippen LogP contribution in [0.4, 0.5) is 16.8 Å². The first kappa shape index (κ1) is 25.0. The zero-order chi connectivity index (χ0) is 27.3. The molecule has 2 aromatic carbocycles. The highest BCUT2D eigenvalue weighted by Gasteiger charge is 2.28. The summed E-state index contributed by atoms with van der Waals surface area (Å²) in [6.45, 7) is 1.76. The standard InChI is InChI=1S/C27H23ClN8O2S/c1-13(37)34-27-35-19-8-5-15(10-20(19)39-27)23(29)22-24(30)32-12-33-25(22)31-11-17-9-14-3-2-4-18(28)21(14)26(38)36(17)16-6-7-16/h2-5,8-10,12,16,29H,6-7,11H2,1H3,(H,34,35,37)(H3,30,31,32,33)/p+1. The third-order valence-corrected chi connectivity index (χ3v) is 7.84.